The standard InChI is InChI=1S/C10H16N2O2S/c1-7-5-14-4-3-12(7)10-11-9(6-15-10)8(2)13/h6-8,13H,3-5H2,1-2H3. The van der Waals surface area contributed by atoms with Crippen molar-refractivity contribution in [1.82, 2.24) is 4.98 Å². The Balaban J connectivity index is 2.13. The molecule has 1 saturated heterocycles. The molecule has 0 radical (unpaired) electrons. The predicted octanol–water partition coefficient (Wildman–Crippen LogP) is 1.42. The molecule has 2 rings (SSSR count). The van der Waals surface area contributed by atoms with Gasteiger partial charge in [-0.3, -0.25) is 0 Å². The Labute approximate surface area is 93.5 Å². The van der Waals surface area contributed by atoms with Gasteiger partial charge < -0.3 is 14.7 Å². The van der Waals surface area contributed by atoms with Gasteiger partial charge in [0.25, 0.3) is 0 Å². The zero-order valence-electron chi connectivity index (χ0n) is 9.01. The summed E-state index contributed by atoms with van der Waals surface area (Å²) in [6.07, 6.45) is -0.480. The molecule has 0 aromatic carbocycles. The lowest BCUT2D eigenvalue weighted by atomic mass is 10.3. The number of nitrogens with zero attached hydrogens (tertiary/aromatic N) is 2. The number of morpholine rings is 1. The summed E-state index contributed by atoms with van der Waals surface area (Å²) in [7, 11) is 0. The Kier molecular flexibility index (Phi) is 3.23. The van der Waals surface area contributed by atoms with E-state index in [1.807, 2.05) is 5.38 Å². The number of hydrogen-bond acceptors (Lipinski definition) is 5. The van der Waals surface area contributed by atoms with Crippen LogP contribution >= 0.6 is 11.3 Å². The van der Waals surface area contributed by atoms with Crippen LogP contribution in [0.5, 0.6) is 0 Å². The lowest BCUT2D eigenvalue weighted by Crippen LogP contribution is -2.43. The van der Waals surface area contributed by atoms with Gasteiger partial charge in [0.2, 0.25) is 0 Å². The summed E-state index contributed by atoms with van der Waals surface area (Å²) < 4.78 is 5.37. The molecular formula is C10H16N2O2S. The van der Waals surface area contributed by atoms with Gasteiger partial charge in [0, 0.05) is 11.9 Å². The average molecular weight is 228 g/mol. The van der Waals surface area contributed by atoms with Crippen molar-refractivity contribution in [3.8, 4) is 0 Å². The topological polar surface area (TPSA) is 45.6 Å². The first-order valence-electron chi connectivity index (χ1n) is 5.16. The van der Waals surface area contributed by atoms with Crippen LogP contribution in [0, 0.1) is 0 Å². The second-order valence-electron chi connectivity index (χ2n) is 3.85. The summed E-state index contributed by atoms with van der Waals surface area (Å²) >= 11 is 1.59. The number of anilines is 1. The van der Waals surface area contributed by atoms with E-state index in [2.05, 4.69) is 16.8 Å². The maximum Gasteiger partial charge on any atom is 0.186 e. The van der Waals surface area contributed by atoms with E-state index >= 15 is 0 Å². The van der Waals surface area contributed by atoms with Gasteiger partial charge in [0.05, 0.1) is 31.1 Å². The highest BCUT2D eigenvalue weighted by molar-refractivity contribution is 7.13. The summed E-state index contributed by atoms with van der Waals surface area (Å²) in [5.74, 6) is 0. The molecule has 4 nitrogen and oxygen atoms in total. The van der Waals surface area contributed by atoms with Crippen molar-refractivity contribution < 1.29 is 9.84 Å². The fourth-order valence-corrected chi connectivity index (χ4v) is 2.65. The summed E-state index contributed by atoms with van der Waals surface area (Å²) in [6, 6.07) is 0.367. The first-order valence-corrected chi connectivity index (χ1v) is 6.04. The van der Waals surface area contributed by atoms with Crippen LogP contribution in [-0.2, 0) is 4.74 Å². The first-order chi connectivity index (χ1) is 7.18. The van der Waals surface area contributed by atoms with E-state index in [0.29, 0.717) is 6.04 Å². The lowest BCUT2D eigenvalue weighted by Gasteiger charge is -2.32. The minimum atomic E-state index is -0.480. The number of rotatable bonds is 2. The minimum absolute atomic E-state index is 0.367. The molecule has 15 heavy (non-hydrogen) atoms. The predicted molar refractivity (Wildman–Crippen MR) is 60.4 cm³/mol. The monoisotopic (exact) mass is 228 g/mol. The van der Waals surface area contributed by atoms with Crippen LogP contribution in [-0.4, -0.2) is 35.9 Å². The molecule has 84 valence electrons. The highest BCUT2D eigenvalue weighted by Crippen LogP contribution is 2.26. The molecule has 1 aromatic rings. The molecule has 1 N–H and O–H groups in total. The lowest BCUT2D eigenvalue weighted by molar-refractivity contribution is 0.0988. The largest absolute Gasteiger partial charge is 0.387 e. The van der Waals surface area contributed by atoms with Gasteiger partial charge in [-0.2, -0.15) is 0 Å². The van der Waals surface area contributed by atoms with Gasteiger partial charge in [-0.25, -0.2) is 4.98 Å². The Hall–Kier alpha value is -0.650. The second kappa shape index (κ2) is 4.47. The molecule has 2 unspecified atom stereocenters. The number of aromatic nitrogens is 1. The van der Waals surface area contributed by atoms with E-state index in [4.69, 9.17) is 4.74 Å². The smallest absolute Gasteiger partial charge is 0.186 e. The summed E-state index contributed by atoms with van der Waals surface area (Å²) in [5, 5.41) is 12.3. The quantitative estimate of drug-likeness (QED) is 0.831. The minimum Gasteiger partial charge on any atom is -0.387 e. The van der Waals surface area contributed by atoms with Crippen molar-refractivity contribution in [2.45, 2.75) is 26.0 Å². The van der Waals surface area contributed by atoms with Gasteiger partial charge in [0.15, 0.2) is 5.13 Å². The van der Waals surface area contributed by atoms with Crippen molar-refractivity contribution in [2.75, 3.05) is 24.7 Å². The van der Waals surface area contributed by atoms with E-state index < -0.39 is 6.10 Å². The second-order valence-corrected chi connectivity index (χ2v) is 4.68. The molecule has 1 aliphatic heterocycles. The van der Waals surface area contributed by atoms with E-state index in [9.17, 15) is 5.11 Å². The van der Waals surface area contributed by atoms with Gasteiger partial charge >= 0.3 is 0 Å². The van der Waals surface area contributed by atoms with Crippen molar-refractivity contribution in [1.29, 1.82) is 0 Å². The Morgan fingerprint density at radius 2 is 2.53 bits per heavy atom. The van der Waals surface area contributed by atoms with Crippen LogP contribution in [0.25, 0.3) is 0 Å². The molecule has 1 aliphatic rings. The zero-order chi connectivity index (χ0) is 10.8. The fourth-order valence-electron chi connectivity index (χ4n) is 1.61. The van der Waals surface area contributed by atoms with Crippen LogP contribution in [0.4, 0.5) is 5.13 Å². The van der Waals surface area contributed by atoms with E-state index in [1.54, 1.807) is 18.3 Å². The maximum absolute atomic E-state index is 9.40. The molecule has 2 heterocycles. The average Bonchev–Trinajstić information content (AvgIpc) is 2.67. The number of ether oxygens (including phenoxy) is 1. The molecule has 1 aromatic heterocycles. The van der Waals surface area contributed by atoms with E-state index in [-0.39, 0.29) is 0 Å². The van der Waals surface area contributed by atoms with Crippen LogP contribution < -0.4 is 4.90 Å². The molecule has 0 saturated carbocycles. The molecule has 0 amide bonds. The number of aliphatic hydroxyl groups excluding tert-OH is 1. The number of aliphatic hydroxyl groups is 1. The molecule has 5 heteroatoms. The maximum atomic E-state index is 9.40. The van der Waals surface area contributed by atoms with Crippen LogP contribution in [0.15, 0.2) is 5.38 Å². The third-order valence-corrected chi connectivity index (χ3v) is 3.45. The summed E-state index contributed by atoms with van der Waals surface area (Å²) in [6.45, 7) is 6.26. The van der Waals surface area contributed by atoms with Crippen LogP contribution in [0.1, 0.15) is 25.6 Å². The van der Waals surface area contributed by atoms with Crippen LogP contribution in [0.2, 0.25) is 0 Å². The normalized spacial score (nSPS) is 24.2. The highest BCUT2D eigenvalue weighted by Gasteiger charge is 2.22. The summed E-state index contributed by atoms with van der Waals surface area (Å²) in [4.78, 5) is 6.66. The van der Waals surface area contributed by atoms with E-state index in [1.165, 1.54) is 0 Å². The summed E-state index contributed by atoms with van der Waals surface area (Å²) in [5.41, 5.74) is 0.758. The zero-order valence-corrected chi connectivity index (χ0v) is 9.83. The Morgan fingerprint density at radius 3 is 3.13 bits per heavy atom. The molecule has 0 aliphatic carbocycles. The molecule has 0 spiro atoms. The van der Waals surface area contributed by atoms with Gasteiger partial charge in [0.1, 0.15) is 0 Å². The van der Waals surface area contributed by atoms with Crippen molar-refractivity contribution in [3.05, 3.63) is 11.1 Å². The van der Waals surface area contributed by atoms with Gasteiger partial charge in [-0.05, 0) is 13.8 Å². The highest BCUT2D eigenvalue weighted by atomic mass is 32.1. The third-order valence-electron chi connectivity index (χ3n) is 2.55. The Morgan fingerprint density at radius 1 is 1.73 bits per heavy atom. The van der Waals surface area contributed by atoms with E-state index in [0.717, 1.165) is 30.6 Å². The SMILES string of the molecule is CC(O)c1csc(N2CCOCC2C)n1. The van der Waals surface area contributed by atoms with Crippen molar-refractivity contribution in [2.24, 2.45) is 0 Å². The van der Waals surface area contributed by atoms with Crippen molar-refractivity contribution >= 4 is 16.5 Å². The molecular weight excluding hydrogens is 212 g/mol. The fraction of sp³-hybridized carbons (Fsp3) is 0.700. The Bertz CT molecular complexity index is 327. The third kappa shape index (κ3) is 2.30. The molecule has 1 fully saturated rings. The number of hydrogen-bond donors (Lipinski definition) is 1. The molecule has 0 bridgehead atoms. The van der Waals surface area contributed by atoms with Crippen LogP contribution in [0.3, 0.4) is 0 Å². The van der Waals surface area contributed by atoms with Crippen molar-refractivity contribution in [3.63, 3.8) is 0 Å². The van der Waals surface area contributed by atoms with Gasteiger partial charge in [-0.15, -0.1) is 11.3 Å². The first kappa shape index (κ1) is 10.9. The molecule has 2 atom stereocenters. The number of thiazole rings is 1. The van der Waals surface area contributed by atoms with Gasteiger partial charge in [-0.1, -0.05) is 0 Å².